The molecule has 0 aliphatic carbocycles. The molecule has 2 unspecified atom stereocenters. The number of carbonyl (C=O) groups is 1. The van der Waals surface area contributed by atoms with E-state index in [0.717, 1.165) is 13.1 Å². The van der Waals surface area contributed by atoms with Crippen LogP contribution in [0.5, 0.6) is 0 Å². The van der Waals surface area contributed by atoms with Crippen LogP contribution in [0.2, 0.25) is 0 Å². The van der Waals surface area contributed by atoms with Gasteiger partial charge in [0.25, 0.3) is 0 Å². The maximum atomic E-state index is 10.7. The number of nitrogens with one attached hydrogen (secondary N) is 1. The highest BCUT2D eigenvalue weighted by Gasteiger charge is 2.14. The first-order chi connectivity index (χ1) is 8.49. The summed E-state index contributed by atoms with van der Waals surface area (Å²) in [4.78, 5) is 12.9. The Balaban J connectivity index is 2.36. The van der Waals surface area contributed by atoms with Crippen LogP contribution < -0.4 is 5.32 Å². The van der Waals surface area contributed by atoms with E-state index in [-0.39, 0.29) is 6.04 Å². The van der Waals surface area contributed by atoms with Crippen molar-refractivity contribution in [3.63, 3.8) is 0 Å². The number of benzene rings is 1. The summed E-state index contributed by atoms with van der Waals surface area (Å²) >= 11 is 0. The molecule has 1 rings (SSSR count). The molecule has 0 saturated carbocycles. The minimum Gasteiger partial charge on any atom is -0.480 e. The molecule has 0 radical (unpaired) electrons. The maximum Gasteiger partial charge on any atom is 0.320 e. The van der Waals surface area contributed by atoms with E-state index in [1.807, 2.05) is 32.2 Å². The zero-order valence-corrected chi connectivity index (χ0v) is 11.3. The lowest BCUT2D eigenvalue weighted by Gasteiger charge is -2.23. The molecule has 1 aromatic rings. The van der Waals surface area contributed by atoms with Crippen LogP contribution >= 0.6 is 0 Å². The highest BCUT2D eigenvalue weighted by Crippen LogP contribution is 2.03. The van der Waals surface area contributed by atoms with Gasteiger partial charge in [-0.3, -0.25) is 4.79 Å². The molecule has 0 bridgehead atoms. The van der Waals surface area contributed by atoms with Crippen molar-refractivity contribution in [2.75, 3.05) is 13.6 Å². The van der Waals surface area contributed by atoms with E-state index in [4.69, 9.17) is 5.11 Å². The summed E-state index contributed by atoms with van der Waals surface area (Å²) in [6, 6.07) is 9.87. The van der Waals surface area contributed by atoms with Gasteiger partial charge in [0.05, 0.1) is 0 Å². The van der Waals surface area contributed by atoms with Gasteiger partial charge in [-0.05, 0) is 26.5 Å². The van der Waals surface area contributed by atoms with E-state index in [1.54, 1.807) is 6.92 Å². The van der Waals surface area contributed by atoms with E-state index < -0.39 is 12.0 Å². The summed E-state index contributed by atoms with van der Waals surface area (Å²) in [5.74, 6) is -0.812. The zero-order valence-electron chi connectivity index (χ0n) is 11.3. The molecule has 0 amide bonds. The van der Waals surface area contributed by atoms with Gasteiger partial charge in [-0.15, -0.1) is 0 Å². The first-order valence-corrected chi connectivity index (χ1v) is 6.20. The smallest absolute Gasteiger partial charge is 0.320 e. The van der Waals surface area contributed by atoms with E-state index in [2.05, 4.69) is 22.3 Å². The number of aliphatic carboxylic acids is 1. The van der Waals surface area contributed by atoms with Crippen molar-refractivity contribution < 1.29 is 9.90 Å². The van der Waals surface area contributed by atoms with Crippen LogP contribution in [-0.4, -0.2) is 41.7 Å². The minimum absolute atomic E-state index is 0.143. The second-order valence-corrected chi connectivity index (χ2v) is 4.81. The molecule has 0 spiro atoms. The first-order valence-electron chi connectivity index (χ1n) is 6.20. The normalized spacial score (nSPS) is 14.4. The SMILES string of the molecule is CC(CN(C)Cc1ccccc1)NC(C)C(=O)O. The molecule has 0 saturated heterocycles. The summed E-state index contributed by atoms with van der Waals surface area (Å²) in [5.41, 5.74) is 1.26. The number of carboxylic acid groups (broad SMARTS) is 1. The summed E-state index contributed by atoms with van der Waals surface area (Å²) in [7, 11) is 2.04. The number of rotatable bonds is 7. The Bertz CT molecular complexity index is 367. The fourth-order valence-electron chi connectivity index (χ4n) is 1.98. The van der Waals surface area contributed by atoms with Gasteiger partial charge in [-0.2, -0.15) is 0 Å². The van der Waals surface area contributed by atoms with Crippen LogP contribution in [0.15, 0.2) is 30.3 Å². The average molecular weight is 250 g/mol. The van der Waals surface area contributed by atoms with E-state index in [9.17, 15) is 4.79 Å². The van der Waals surface area contributed by atoms with Crippen molar-refractivity contribution in [1.82, 2.24) is 10.2 Å². The highest BCUT2D eigenvalue weighted by atomic mass is 16.4. The molecule has 0 heterocycles. The Morgan fingerprint density at radius 3 is 2.50 bits per heavy atom. The zero-order chi connectivity index (χ0) is 13.5. The standard InChI is InChI=1S/C14H22N2O2/c1-11(15-12(2)14(17)18)9-16(3)10-13-7-5-4-6-8-13/h4-8,11-12,15H,9-10H2,1-3H3,(H,17,18). The number of likely N-dealkylation sites (N-methyl/N-ethyl adjacent to an activating group) is 1. The molecular formula is C14H22N2O2. The third kappa shape index (κ3) is 5.29. The molecule has 2 atom stereocenters. The topological polar surface area (TPSA) is 52.6 Å². The second kappa shape index (κ2) is 7.13. The Hall–Kier alpha value is -1.39. The van der Waals surface area contributed by atoms with Crippen molar-refractivity contribution in [2.24, 2.45) is 0 Å². The largest absolute Gasteiger partial charge is 0.480 e. The first kappa shape index (κ1) is 14.7. The molecule has 1 aromatic carbocycles. The molecule has 0 aliphatic rings. The van der Waals surface area contributed by atoms with E-state index in [1.165, 1.54) is 5.56 Å². The Kier molecular flexibility index (Phi) is 5.82. The van der Waals surface area contributed by atoms with Crippen LogP contribution in [-0.2, 0) is 11.3 Å². The lowest BCUT2D eigenvalue weighted by molar-refractivity contribution is -0.139. The molecule has 0 fully saturated rings. The van der Waals surface area contributed by atoms with Crippen LogP contribution in [0, 0.1) is 0 Å². The van der Waals surface area contributed by atoms with Gasteiger partial charge < -0.3 is 15.3 Å². The van der Waals surface area contributed by atoms with Crippen molar-refractivity contribution in [3.8, 4) is 0 Å². The highest BCUT2D eigenvalue weighted by molar-refractivity contribution is 5.72. The second-order valence-electron chi connectivity index (χ2n) is 4.81. The monoisotopic (exact) mass is 250 g/mol. The van der Waals surface area contributed by atoms with Crippen LogP contribution in [0.4, 0.5) is 0 Å². The molecule has 100 valence electrons. The predicted molar refractivity (Wildman–Crippen MR) is 72.5 cm³/mol. The predicted octanol–water partition coefficient (Wildman–Crippen LogP) is 1.57. The molecular weight excluding hydrogens is 228 g/mol. The number of hydrogen-bond acceptors (Lipinski definition) is 3. The summed E-state index contributed by atoms with van der Waals surface area (Å²) in [6.07, 6.45) is 0. The van der Waals surface area contributed by atoms with Crippen LogP contribution in [0.3, 0.4) is 0 Å². The molecule has 4 nitrogen and oxygen atoms in total. The average Bonchev–Trinajstić information content (AvgIpc) is 2.29. The van der Waals surface area contributed by atoms with Crippen molar-refractivity contribution in [2.45, 2.75) is 32.5 Å². The third-order valence-electron chi connectivity index (χ3n) is 2.79. The summed E-state index contributed by atoms with van der Waals surface area (Å²) < 4.78 is 0. The van der Waals surface area contributed by atoms with E-state index >= 15 is 0 Å². The molecule has 0 aliphatic heterocycles. The molecule has 4 heteroatoms. The molecule has 0 aromatic heterocycles. The van der Waals surface area contributed by atoms with Crippen molar-refractivity contribution in [1.29, 1.82) is 0 Å². The Labute approximate surface area is 109 Å². The summed E-state index contributed by atoms with van der Waals surface area (Å²) in [6.45, 7) is 5.35. The van der Waals surface area contributed by atoms with Crippen molar-refractivity contribution >= 4 is 5.97 Å². The fraction of sp³-hybridized carbons (Fsp3) is 0.500. The molecule has 18 heavy (non-hydrogen) atoms. The maximum absolute atomic E-state index is 10.7. The lowest BCUT2D eigenvalue weighted by atomic mass is 10.2. The fourth-order valence-corrected chi connectivity index (χ4v) is 1.98. The lowest BCUT2D eigenvalue weighted by Crippen LogP contribution is -2.44. The van der Waals surface area contributed by atoms with Crippen molar-refractivity contribution in [3.05, 3.63) is 35.9 Å². The van der Waals surface area contributed by atoms with E-state index in [0.29, 0.717) is 0 Å². The van der Waals surface area contributed by atoms with Gasteiger partial charge in [0.2, 0.25) is 0 Å². The van der Waals surface area contributed by atoms with Gasteiger partial charge in [0, 0.05) is 19.1 Å². The quantitative estimate of drug-likeness (QED) is 0.771. The third-order valence-corrected chi connectivity index (χ3v) is 2.79. The van der Waals surface area contributed by atoms with Gasteiger partial charge in [-0.1, -0.05) is 30.3 Å². The van der Waals surface area contributed by atoms with Gasteiger partial charge >= 0.3 is 5.97 Å². The van der Waals surface area contributed by atoms with Crippen LogP contribution in [0.1, 0.15) is 19.4 Å². The molecule has 2 N–H and O–H groups in total. The number of hydrogen-bond donors (Lipinski definition) is 2. The Morgan fingerprint density at radius 2 is 1.94 bits per heavy atom. The minimum atomic E-state index is -0.812. The Morgan fingerprint density at radius 1 is 1.33 bits per heavy atom. The van der Waals surface area contributed by atoms with Gasteiger partial charge in [0.1, 0.15) is 6.04 Å². The van der Waals surface area contributed by atoms with Crippen LogP contribution in [0.25, 0.3) is 0 Å². The number of carboxylic acids is 1. The van der Waals surface area contributed by atoms with Gasteiger partial charge in [0.15, 0.2) is 0 Å². The number of nitrogens with zero attached hydrogens (tertiary/aromatic N) is 1. The summed E-state index contributed by atoms with van der Waals surface area (Å²) in [5, 5.41) is 11.9. The van der Waals surface area contributed by atoms with Gasteiger partial charge in [-0.25, -0.2) is 0 Å².